The predicted octanol–water partition coefficient (Wildman–Crippen LogP) is 3.58. The highest BCUT2D eigenvalue weighted by molar-refractivity contribution is 7.11. The fourth-order valence-electron chi connectivity index (χ4n) is 4.64. The van der Waals surface area contributed by atoms with E-state index in [0.29, 0.717) is 0 Å². The first-order valence-corrected chi connectivity index (χ1v) is 17.7. The Bertz CT molecular complexity index is 1000. The van der Waals surface area contributed by atoms with Crippen LogP contribution in [0, 0.1) is 0 Å². The van der Waals surface area contributed by atoms with E-state index in [0.717, 1.165) is 12.5 Å². The van der Waals surface area contributed by atoms with Crippen molar-refractivity contribution in [2.24, 2.45) is 0 Å². The zero-order valence-corrected chi connectivity index (χ0v) is 22.9. The number of hydrogen-bond donors (Lipinski definition) is 0. The summed E-state index contributed by atoms with van der Waals surface area (Å²) in [6.07, 6.45) is 1.03. The lowest BCUT2D eigenvalue weighted by Crippen LogP contribution is -2.75. The van der Waals surface area contributed by atoms with Crippen molar-refractivity contribution >= 4 is 47.4 Å². The van der Waals surface area contributed by atoms with Crippen LogP contribution in [-0.2, 0) is 8.23 Å². The van der Waals surface area contributed by atoms with E-state index in [9.17, 15) is 0 Å². The molecule has 0 saturated carbocycles. The van der Waals surface area contributed by atoms with E-state index in [1.165, 1.54) is 20.7 Å². The van der Waals surface area contributed by atoms with Crippen molar-refractivity contribution in [1.82, 2.24) is 0 Å². The Morgan fingerprint density at radius 3 is 1.27 bits per heavy atom. The largest absolute Gasteiger partial charge is 0.439 e. The van der Waals surface area contributed by atoms with E-state index in [-0.39, 0.29) is 0 Å². The maximum Gasteiger partial charge on any atom is 0.352 e. The molecule has 1 unspecified atom stereocenters. The van der Waals surface area contributed by atoms with Gasteiger partial charge in [0.1, 0.15) is 9.76 Å². The van der Waals surface area contributed by atoms with Crippen LogP contribution in [-0.4, -0.2) is 26.6 Å². The molecule has 0 heterocycles. The highest BCUT2D eigenvalue weighted by Crippen LogP contribution is 2.23. The van der Waals surface area contributed by atoms with Crippen molar-refractivity contribution in [3.63, 3.8) is 0 Å². The van der Waals surface area contributed by atoms with Crippen LogP contribution in [0.15, 0.2) is 121 Å². The quantitative estimate of drug-likeness (QED) is 0.253. The summed E-state index contributed by atoms with van der Waals surface area (Å²) in [5.41, 5.74) is 0. The van der Waals surface area contributed by atoms with Crippen LogP contribution in [0.4, 0.5) is 0 Å². The van der Waals surface area contributed by atoms with Gasteiger partial charge < -0.3 is 8.23 Å². The third-order valence-corrected chi connectivity index (χ3v) is 17.4. The van der Waals surface area contributed by atoms with Gasteiger partial charge in [0.05, 0.1) is 0 Å². The monoisotopic (exact) mass is 484 g/mol. The van der Waals surface area contributed by atoms with Gasteiger partial charge >= 0.3 is 8.56 Å². The first-order chi connectivity index (χ1) is 16.2. The molecule has 2 nitrogen and oxygen atoms in total. The molecule has 33 heavy (non-hydrogen) atoms. The van der Waals surface area contributed by atoms with Gasteiger partial charge in [0.2, 0.25) is 0 Å². The van der Waals surface area contributed by atoms with E-state index in [4.69, 9.17) is 8.23 Å². The molecule has 4 aromatic rings. The summed E-state index contributed by atoms with van der Waals surface area (Å²) in [7, 11) is -6.29. The SMILES string of the molecule is CCC[Si](O[SiH2]C)(O[Si](c1ccccc1)(c1ccccc1)c1ccccc1)c1ccccc1. The van der Waals surface area contributed by atoms with E-state index < -0.39 is 26.6 Å². The van der Waals surface area contributed by atoms with Crippen LogP contribution < -0.4 is 20.7 Å². The molecule has 1 atom stereocenters. The molecule has 4 rings (SSSR count). The molecular formula is C28H32O2Si3. The molecule has 0 spiro atoms. The standard InChI is InChI=1S/C28H32O2Si3/c1-3-24-32(29-31-2,25-16-8-4-9-17-25)30-33(26-18-10-5-11-19-26,27-20-12-6-13-21-27)28-22-14-7-15-23-28/h4-23H,3,24,31H2,1-2H3. The summed E-state index contributed by atoms with van der Waals surface area (Å²) in [4.78, 5) is 0. The molecule has 0 saturated heterocycles. The summed E-state index contributed by atoms with van der Waals surface area (Å²) < 4.78 is 14.6. The molecule has 0 fully saturated rings. The molecule has 5 heteroatoms. The molecule has 4 aromatic carbocycles. The fourth-order valence-corrected chi connectivity index (χ4v) is 17.4. The Morgan fingerprint density at radius 2 is 0.939 bits per heavy atom. The summed E-state index contributed by atoms with van der Waals surface area (Å²) >= 11 is 0. The van der Waals surface area contributed by atoms with Gasteiger partial charge in [0.25, 0.3) is 8.32 Å². The lowest BCUT2D eigenvalue weighted by molar-refractivity contribution is 0.417. The number of benzene rings is 4. The second kappa shape index (κ2) is 11.0. The van der Waals surface area contributed by atoms with Crippen molar-refractivity contribution in [3.8, 4) is 0 Å². The first kappa shape index (κ1) is 23.6. The second-order valence-electron chi connectivity index (χ2n) is 8.18. The molecule has 0 aliphatic rings. The maximum absolute atomic E-state index is 7.74. The van der Waals surface area contributed by atoms with Gasteiger partial charge in [0, 0.05) is 0 Å². The highest BCUT2D eigenvalue weighted by atomic mass is 28.5. The van der Waals surface area contributed by atoms with Crippen LogP contribution >= 0.6 is 0 Å². The number of hydrogen-bond acceptors (Lipinski definition) is 2. The van der Waals surface area contributed by atoms with E-state index in [1.54, 1.807) is 0 Å². The van der Waals surface area contributed by atoms with Gasteiger partial charge in [0.15, 0.2) is 0 Å². The minimum Gasteiger partial charge on any atom is -0.439 e. The minimum absolute atomic E-state index is 0.704. The zero-order chi connectivity index (χ0) is 23.0. The van der Waals surface area contributed by atoms with E-state index in [2.05, 4.69) is 135 Å². The van der Waals surface area contributed by atoms with Gasteiger partial charge in [-0.1, -0.05) is 141 Å². The van der Waals surface area contributed by atoms with Gasteiger partial charge in [-0.3, -0.25) is 0 Å². The Kier molecular flexibility index (Phi) is 7.90. The summed E-state index contributed by atoms with van der Waals surface area (Å²) in [5.74, 6) is 0. The zero-order valence-electron chi connectivity index (χ0n) is 19.5. The third-order valence-electron chi connectivity index (χ3n) is 6.03. The summed E-state index contributed by atoms with van der Waals surface area (Å²) in [6, 6.07) is 44.2. The van der Waals surface area contributed by atoms with Crippen LogP contribution in [0.5, 0.6) is 0 Å². The van der Waals surface area contributed by atoms with Gasteiger partial charge in [-0.2, -0.15) is 0 Å². The van der Waals surface area contributed by atoms with Crippen molar-refractivity contribution in [2.75, 3.05) is 0 Å². The highest BCUT2D eigenvalue weighted by Gasteiger charge is 2.51. The van der Waals surface area contributed by atoms with E-state index in [1.807, 2.05) is 0 Å². The Hall–Kier alpha value is -2.55. The minimum atomic E-state index is -2.86. The molecule has 0 amide bonds. The first-order valence-electron chi connectivity index (χ1n) is 11.8. The van der Waals surface area contributed by atoms with Crippen molar-refractivity contribution in [1.29, 1.82) is 0 Å². The lowest BCUT2D eigenvalue weighted by Gasteiger charge is -2.42. The molecule has 0 aliphatic carbocycles. The van der Waals surface area contributed by atoms with Crippen molar-refractivity contribution in [2.45, 2.75) is 25.9 Å². The van der Waals surface area contributed by atoms with Gasteiger partial charge in [-0.15, -0.1) is 0 Å². The van der Waals surface area contributed by atoms with E-state index >= 15 is 0 Å². The average molecular weight is 485 g/mol. The topological polar surface area (TPSA) is 18.5 Å². The molecule has 0 N–H and O–H groups in total. The smallest absolute Gasteiger partial charge is 0.352 e. The summed E-state index contributed by atoms with van der Waals surface area (Å²) in [5, 5.41) is 5.01. The maximum atomic E-state index is 7.74. The normalized spacial score (nSPS) is 13.8. The Balaban J connectivity index is 2.03. The Morgan fingerprint density at radius 1 is 0.576 bits per heavy atom. The molecule has 0 aliphatic heterocycles. The third kappa shape index (κ3) is 4.88. The average Bonchev–Trinajstić information content (AvgIpc) is 2.89. The number of rotatable bonds is 10. The molecule has 0 bridgehead atoms. The van der Waals surface area contributed by atoms with Crippen LogP contribution in [0.3, 0.4) is 0 Å². The molecular weight excluding hydrogens is 453 g/mol. The van der Waals surface area contributed by atoms with Gasteiger partial charge in [-0.05, 0) is 26.8 Å². The molecule has 168 valence electrons. The molecule has 0 radical (unpaired) electrons. The fraction of sp³-hybridized carbons (Fsp3) is 0.143. The molecule has 0 aromatic heterocycles. The van der Waals surface area contributed by atoms with Gasteiger partial charge in [-0.25, -0.2) is 0 Å². The van der Waals surface area contributed by atoms with Crippen LogP contribution in [0.1, 0.15) is 13.3 Å². The lowest BCUT2D eigenvalue weighted by atomic mass is 10.3. The van der Waals surface area contributed by atoms with Crippen LogP contribution in [0.25, 0.3) is 0 Å². The second-order valence-corrected chi connectivity index (χ2v) is 16.4. The van der Waals surface area contributed by atoms with Crippen molar-refractivity contribution in [3.05, 3.63) is 121 Å². The Labute approximate surface area is 202 Å². The summed E-state index contributed by atoms with van der Waals surface area (Å²) in [6.45, 7) is 4.46. The van der Waals surface area contributed by atoms with Crippen LogP contribution in [0.2, 0.25) is 12.6 Å². The van der Waals surface area contributed by atoms with Crippen molar-refractivity contribution < 1.29 is 8.23 Å². The predicted molar refractivity (Wildman–Crippen MR) is 147 cm³/mol.